The topological polar surface area (TPSA) is 51.2 Å². The monoisotopic (exact) mass is 393 g/mol. The fraction of sp³-hybridized carbons (Fsp3) is 0.333. The zero-order valence-corrected chi connectivity index (χ0v) is 17.1. The van der Waals surface area contributed by atoms with Gasteiger partial charge >= 0.3 is 0 Å². The Balaban J connectivity index is 1.70. The van der Waals surface area contributed by atoms with E-state index in [4.69, 9.17) is 14.2 Å². The first-order valence-corrected chi connectivity index (χ1v) is 9.89. The molecule has 29 heavy (non-hydrogen) atoms. The van der Waals surface area contributed by atoms with Gasteiger partial charge in [-0.05, 0) is 54.4 Å². The van der Waals surface area contributed by atoms with Gasteiger partial charge in [-0.2, -0.15) is 0 Å². The molecule has 0 bridgehead atoms. The van der Waals surface area contributed by atoms with Gasteiger partial charge in [-0.3, -0.25) is 4.90 Å². The first-order chi connectivity index (χ1) is 14.1. The van der Waals surface area contributed by atoms with Gasteiger partial charge < -0.3 is 19.3 Å². The van der Waals surface area contributed by atoms with E-state index in [1.807, 2.05) is 36.4 Å². The van der Waals surface area contributed by atoms with Crippen molar-refractivity contribution in [2.45, 2.75) is 25.4 Å². The van der Waals surface area contributed by atoms with Gasteiger partial charge in [-0.25, -0.2) is 0 Å². The lowest BCUT2D eigenvalue weighted by atomic mass is 10.00. The number of aromatic hydroxyl groups is 1. The van der Waals surface area contributed by atoms with E-state index < -0.39 is 0 Å². The minimum atomic E-state index is 0.233. The lowest BCUT2D eigenvalue weighted by Crippen LogP contribution is -2.23. The van der Waals surface area contributed by atoms with E-state index in [1.54, 1.807) is 27.4 Å². The number of hydrogen-bond acceptors (Lipinski definition) is 5. The molecule has 3 aromatic carbocycles. The third kappa shape index (κ3) is 3.70. The summed E-state index contributed by atoms with van der Waals surface area (Å²) in [5, 5.41) is 12.8. The van der Waals surface area contributed by atoms with Crippen molar-refractivity contribution >= 4 is 10.8 Å². The minimum absolute atomic E-state index is 0.233. The van der Waals surface area contributed by atoms with Gasteiger partial charge in [0.15, 0.2) is 0 Å². The summed E-state index contributed by atoms with van der Waals surface area (Å²) in [6.45, 7) is 1.63. The molecule has 0 unspecified atom stereocenters. The highest BCUT2D eigenvalue weighted by Crippen LogP contribution is 2.41. The molecule has 1 aliphatic rings. The molecule has 5 nitrogen and oxygen atoms in total. The van der Waals surface area contributed by atoms with Crippen molar-refractivity contribution in [3.63, 3.8) is 0 Å². The summed E-state index contributed by atoms with van der Waals surface area (Å²) in [4.78, 5) is 2.41. The Morgan fingerprint density at radius 2 is 1.66 bits per heavy atom. The summed E-state index contributed by atoms with van der Waals surface area (Å²) >= 11 is 0. The molecule has 1 aliphatic heterocycles. The van der Waals surface area contributed by atoms with Gasteiger partial charge in [0.25, 0.3) is 0 Å². The molecule has 0 aliphatic carbocycles. The Kier molecular flexibility index (Phi) is 5.49. The zero-order valence-electron chi connectivity index (χ0n) is 17.1. The van der Waals surface area contributed by atoms with Gasteiger partial charge in [-0.1, -0.05) is 18.2 Å². The molecule has 1 N–H and O–H groups in total. The van der Waals surface area contributed by atoms with E-state index in [0.717, 1.165) is 58.5 Å². The molecule has 152 valence electrons. The van der Waals surface area contributed by atoms with Gasteiger partial charge in [0, 0.05) is 29.8 Å². The van der Waals surface area contributed by atoms with Crippen LogP contribution in [-0.4, -0.2) is 37.9 Å². The standard InChI is InChI=1S/C24H27NO4/c1-27-17-8-6-16-7-11-23(26)21(20(16)13-17)15-25-12-4-5-22(25)19-10-9-18(28-2)14-24(19)29-3/h6-11,13-14,22,26H,4-5,12,15H2,1-3H3/t22-/m0/s1. The van der Waals surface area contributed by atoms with Crippen molar-refractivity contribution in [2.75, 3.05) is 27.9 Å². The predicted molar refractivity (Wildman–Crippen MR) is 114 cm³/mol. The second-order valence-electron chi connectivity index (χ2n) is 7.39. The van der Waals surface area contributed by atoms with Crippen LogP contribution in [0.5, 0.6) is 23.0 Å². The van der Waals surface area contributed by atoms with Crippen molar-refractivity contribution in [1.82, 2.24) is 4.90 Å². The van der Waals surface area contributed by atoms with E-state index in [0.29, 0.717) is 12.3 Å². The second-order valence-corrected chi connectivity index (χ2v) is 7.39. The lowest BCUT2D eigenvalue weighted by molar-refractivity contribution is 0.240. The average molecular weight is 393 g/mol. The fourth-order valence-electron chi connectivity index (χ4n) is 4.31. The molecule has 1 fully saturated rings. The molecule has 1 saturated heterocycles. The highest BCUT2D eigenvalue weighted by Gasteiger charge is 2.29. The molecule has 3 aromatic rings. The Hall–Kier alpha value is -2.92. The Labute approximate surface area is 171 Å². The van der Waals surface area contributed by atoms with E-state index >= 15 is 0 Å². The quantitative estimate of drug-likeness (QED) is 0.645. The molecule has 5 heteroatoms. The van der Waals surface area contributed by atoms with Crippen LogP contribution in [0.1, 0.15) is 30.0 Å². The molecule has 0 spiro atoms. The van der Waals surface area contributed by atoms with Crippen LogP contribution >= 0.6 is 0 Å². The van der Waals surface area contributed by atoms with Gasteiger partial charge in [-0.15, -0.1) is 0 Å². The highest BCUT2D eigenvalue weighted by molar-refractivity contribution is 5.89. The van der Waals surface area contributed by atoms with Crippen molar-refractivity contribution in [3.05, 3.63) is 59.7 Å². The van der Waals surface area contributed by atoms with Crippen LogP contribution in [0.15, 0.2) is 48.5 Å². The maximum Gasteiger partial charge on any atom is 0.127 e. The summed E-state index contributed by atoms with van der Waals surface area (Å²) in [7, 11) is 5.02. The third-order valence-electron chi connectivity index (χ3n) is 5.84. The number of nitrogens with zero attached hydrogens (tertiary/aromatic N) is 1. The molecular weight excluding hydrogens is 366 g/mol. The van der Waals surface area contributed by atoms with Crippen LogP contribution in [0.25, 0.3) is 10.8 Å². The van der Waals surface area contributed by atoms with Crippen molar-refractivity contribution < 1.29 is 19.3 Å². The van der Waals surface area contributed by atoms with Crippen LogP contribution in [0.4, 0.5) is 0 Å². The van der Waals surface area contributed by atoms with Crippen LogP contribution in [0, 0.1) is 0 Å². The number of benzene rings is 3. The fourth-order valence-corrected chi connectivity index (χ4v) is 4.31. The summed E-state index contributed by atoms with van der Waals surface area (Å²) in [6, 6.07) is 16.0. The largest absolute Gasteiger partial charge is 0.508 e. The summed E-state index contributed by atoms with van der Waals surface area (Å²) in [5.41, 5.74) is 2.09. The summed E-state index contributed by atoms with van der Waals surface area (Å²) in [5.74, 6) is 2.73. The molecule has 0 radical (unpaired) electrons. The van der Waals surface area contributed by atoms with Crippen LogP contribution in [0.2, 0.25) is 0 Å². The predicted octanol–water partition coefficient (Wildman–Crippen LogP) is 4.91. The Morgan fingerprint density at radius 3 is 2.41 bits per heavy atom. The average Bonchev–Trinajstić information content (AvgIpc) is 3.22. The van der Waals surface area contributed by atoms with Crippen molar-refractivity contribution in [2.24, 2.45) is 0 Å². The van der Waals surface area contributed by atoms with Crippen LogP contribution < -0.4 is 14.2 Å². The maximum absolute atomic E-state index is 10.6. The lowest BCUT2D eigenvalue weighted by Gasteiger charge is -2.27. The minimum Gasteiger partial charge on any atom is -0.508 e. The number of hydrogen-bond donors (Lipinski definition) is 1. The molecule has 1 heterocycles. The molecule has 1 atom stereocenters. The van der Waals surface area contributed by atoms with E-state index in [9.17, 15) is 5.11 Å². The third-order valence-corrected chi connectivity index (χ3v) is 5.84. The Bertz CT molecular complexity index is 1020. The number of phenolic OH excluding ortho intramolecular Hbond substituents is 1. The van der Waals surface area contributed by atoms with E-state index in [1.165, 1.54) is 0 Å². The SMILES string of the molecule is COc1ccc([C@@H]2CCCN2Cc2c(O)ccc3ccc(OC)cc23)c(OC)c1. The maximum atomic E-state index is 10.6. The summed E-state index contributed by atoms with van der Waals surface area (Å²) in [6.07, 6.45) is 2.16. The van der Waals surface area contributed by atoms with E-state index in [-0.39, 0.29) is 6.04 Å². The number of methoxy groups -OCH3 is 3. The number of phenols is 1. The Morgan fingerprint density at radius 1 is 0.931 bits per heavy atom. The number of ether oxygens (including phenoxy) is 3. The van der Waals surface area contributed by atoms with Crippen LogP contribution in [-0.2, 0) is 6.54 Å². The smallest absolute Gasteiger partial charge is 0.127 e. The van der Waals surface area contributed by atoms with Gasteiger partial charge in [0.05, 0.1) is 21.3 Å². The highest BCUT2D eigenvalue weighted by atomic mass is 16.5. The van der Waals surface area contributed by atoms with Crippen molar-refractivity contribution in [1.29, 1.82) is 0 Å². The second kappa shape index (κ2) is 8.21. The normalized spacial score (nSPS) is 16.9. The number of rotatable bonds is 6. The molecule has 0 saturated carbocycles. The van der Waals surface area contributed by atoms with E-state index in [2.05, 4.69) is 11.0 Å². The van der Waals surface area contributed by atoms with Crippen LogP contribution in [0.3, 0.4) is 0 Å². The van der Waals surface area contributed by atoms with Crippen molar-refractivity contribution in [3.8, 4) is 23.0 Å². The molecule has 0 aromatic heterocycles. The molecular formula is C24H27NO4. The summed E-state index contributed by atoms with van der Waals surface area (Å²) < 4.78 is 16.4. The first kappa shape index (κ1) is 19.4. The van der Waals surface area contributed by atoms with Gasteiger partial charge in [0.1, 0.15) is 23.0 Å². The molecule has 0 amide bonds. The van der Waals surface area contributed by atoms with Gasteiger partial charge in [0.2, 0.25) is 0 Å². The first-order valence-electron chi connectivity index (χ1n) is 9.89. The number of likely N-dealkylation sites (tertiary alicyclic amines) is 1. The number of fused-ring (bicyclic) bond motifs is 1. The molecule has 4 rings (SSSR count). The zero-order chi connectivity index (χ0) is 20.4.